The van der Waals surface area contributed by atoms with Gasteiger partial charge in [0.15, 0.2) is 0 Å². The molecule has 3 aromatic carbocycles. The minimum absolute atomic E-state index is 0.0989. The van der Waals surface area contributed by atoms with E-state index in [2.05, 4.69) is 15.7 Å². The molecule has 1 aromatic heterocycles. The van der Waals surface area contributed by atoms with Crippen molar-refractivity contribution in [3.05, 3.63) is 120 Å². The fourth-order valence-electron chi connectivity index (χ4n) is 3.72. The van der Waals surface area contributed by atoms with Crippen LogP contribution in [0.5, 0.6) is 5.75 Å². The number of aromatic nitrogens is 2. The predicted octanol–water partition coefficient (Wildman–Crippen LogP) is 5.33. The SMILES string of the molecule is CC(C)n1cc(CNC(=O)[C@@H](NC(=O)OCc2ccccc2)c2ccc(OCc3ccccc3)cc2)cn1. The fraction of sp³-hybridized carbons (Fsp3) is 0.233. The second kappa shape index (κ2) is 13.1. The van der Waals surface area contributed by atoms with Crippen molar-refractivity contribution in [1.82, 2.24) is 20.4 Å². The van der Waals surface area contributed by atoms with E-state index < -0.39 is 12.1 Å². The van der Waals surface area contributed by atoms with E-state index in [0.29, 0.717) is 17.9 Å². The van der Waals surface area contributed by atoms with Crippen LogP contribution in [0.2, 0.25) is 0 Å². The monoisotopic (exact) mass is 512 g/mol. The van der Waals surface area contributed by atoms with Crippen molar-refractivity contribution in [2.75, 3.05) is 0 Å². The second-order valence-corrected chi connectivity index (χ2v) is 9.12. The smallest absolute Gasteiger partial charge is 0.408 e. The molecule has 38 heavy (non-hydrogen) atoms. The molecule has 4 rings (SSSR count). The molecule has 8 nitrogen and oxygen atoms in total. The van der Waals surface area contributed by atoms with Crippen LogP contribution in [0.25, 0.3) is 0 Å². The van der Waals surface area contributed by atoms with E-state index in [-0.39, 0.29) is 25.1 Å². The van der Waals surface area contributed by atoms with E-state index in [4.69, 9.17) is 9.47 Å². The minimum atomic E-state index is -0.957. The van der Waals surface area contributed by atoms with E-state index in [0.717, 1.165) is 16.7 Å². The lowest BCUT2D eigenvalue weighted by Gasteiger charge is -2.19. The Kier molecular flexibility index (Phi) is 9.12. The van der Waals surface area contributed by atoms with Crippen molar-refractivity contribution in [3.8, 4) is 5.75 Å². The molecule has 4 aromatic rings. The third-order valence-electron chi connectivity index (χ3n) is 5.85. The number of ether oxygens (including phenoxy) is 2. The molecule has 0 radical (unpaired) electrons. The fourth-order valence-corrected chi connectivity index (χ4v) is 3.72. The number of amides is 2. The van der Waals surface area contributed by atoms with Gasteiger partial charge in [-0.2, -0.15) is 5.10 Å². The number of benzene rings is 3. The zero-order valence-corrected chi connectivity index (χ0v) is 21.5. The Labute approximate surface area is 222 Å². The van der Waals surface area contributed by atoms with Crippen LogP contribution in [0.4, 0.5) is 4.79 Å². The molecule has 1 atom stereocenters. The zero-order valence-electron chi connectivity index (χ0n) is 21.5. The van der Waals surface area contributed by atoms with Gasteiger partial charge in [0, 0.05) is 24.3 Å². The number of rotatable bonds is 11. The highest BCUT2D eigenvalue weighted by molar-refractivity contribution is 5.86. The topological polar surface area (TPSA) is 94.5 Å². The van der Waals surface area contributed by atoms with Gasteiger partial charge >= 0.3 is 6.09 Å². The van der Waals surface area contributed by atoms with Gasteiger partial charge in [-0.15, -0.1) is 0 Å². The van der Waals surface area contributed by atoms with Crippen LogP contribution < -0.4 is 15.4 Å². The van der Waals surface area contributed by atoms with Crippen LogP contribution in [-0.2, 0) is 29.3 Å². The van der Waals surface area contributed by atoms with Gasteiger partial charge in [0.25, 0.3) is 0 Å². The molecule has 2 amide bonds. The summed E-state index contributed by atoms with van der Waals surface area (Å²) < 4.78 is 13.1. The first-order valence-electron chi connectivity index (χ1n) is 12.5. The highest BCUT2D eigenvalue weighted by Gasteiger charge is 2.24. The van der Waals surface area contributed by atoms with Gasteiger partial charge in [0.1, 0.15) is 25.0 Å². The molecular formula is C30H32N4O4. The normalized spacial score (nSPS) is 11.6. The Morgan fingerprint density at radius 3 is 2.08 bits per heavy atom. The Balaban J connectivity index is 1.42. The van der Waals surface area contributed by atoms with Crippen LogP contribution >= 0.6 is 0 Å². The van der Waals surface area contributed by atoms with E-state index in [9.17, 15) is 9.59 Å². The summed E-state index contributed by atoms with van der Waals surface area (Å²) in [5.74, 6) is 0.293. The van der Waals surface area contributed by atoms with Gasteiger partial charge in [0.05, 0.1) is 6.20 Å². The van der Waals surface area contributed by atoms with Crippen LogP contribution in [0.1, 0.15) is 48.2 Å². The third kappa shape index (κ3) is 7.70. The maximum absolute atomic E-state index is 13.2. The lowest BCUT2D eigenvalue weighted by atomic mass is 10.1. The van der Waals surface area contributed by atoms with Gasteiger partial charge in [-0.3, -0.25) is 9.48 Å². The van der Waals surface area contributed by atoms with Gasteiger partial charge in [0.2, 0.25) is 5.91 Å². The Morgan fingerprint density at radius 1 is 0.842 bits per heavy atom. The molecule has 1 heterocycles. The number of hydrogen-bond acceptors (Lipinski definition) is 5. The lowest BCUT2D eigenvalue weighted by Crippen LogP contribution is -2.40. The van der Waals surface area contributed by atoms with E-state index in [1.54, 1.807) is 30.5 Å². The van der Waals surface area contributed by atoms with Gasteiger partial charge in [-0.05, 0) is 42.7 Å². The largest absolute Gasteiger partial charge is 0.489 e. The zero-order chi connectivity index (χ0) is 26.7. The summed E-state index contributed by atoms with van der Waals surface area (Å²) in [5, 5.41) is 9.91. The summed E-state index contributed by atoms with van der Waals surface area (Å²) >= 11 is 0. The lowest BCUT2D eigenvalue weighted by molar-refractivity contribution is -0.123. The Hall–Kier alpha value is -4.59. The van der Waals surface area contributed by atoms with Crippen LogP contribution in [0, 0.1) is 0 Å². The van der Waals surface area contributed by atoms with Crippen LogP contribution in [-0.4, -0.2) is 21.8 Å². The molecule has 0 saturated carbocycles. The molecule has 196 valence electrons. The quantitative estimate of drug-likeness (QED) is 0.283. The molecule has 0 unspecified atom stereocenters. The number of nitrogens with one attached hydrogen (secondary N) is 2. The summed E-state index contributed by atoms with van der Waals surface area (Å²) in [6.45, 7) is 4.87. The summed E-state index contributed by atoms with van der Waals surface area (Å²) in [7, 11) is 0. The summed E-state index contributed by atoms with van der Waals surface area (Å²) in [5.41, 5.74) is 3.37. The molecule has 8 heteroatoms. The maximum Gasteiger partial charge on any atom is 0.408 e. The van der Waals surface area contributed by atoms with Crippen molar-refractivity contribution in [2.24, 2.45) is 0 Å². The number of hydrogen-bond donors (Lipinski definition) is 2. The second-order valence-electron chi connectivity index (χ2n) is 9.12. The van der Waals surface area contributed by atoms with Crippen LogP contribution in [0.3, 0.4) is 0 Å². The maximum atomic E-state index is 13.2. The number of carbonyl (C=O) groups excluding carboxylic acids is 2. The van der Waals surface area contributed by atoms with Crippen molar-refractivity contribution in [3.63, 3.8) is 0 Å². The highest BCUT2D eigenvalue weighted by Crippen LogP contribution is 2.20. The van der Waals surface area contributed by atoms with Crippen molar-refractivity contribution < 1.29 is 19.1 Å². The third-order valence-corrected chi connectivity index (χ3v) is 5.85. The van der Waals surface area contributed by atoms with E-state index in [1.807, 2.05) is 85.4 Å². The molecule has 0 spiro atoms. The molecule has 0 bridgehead atoms. The molecule has 0 saturated heterocycles. The van der Waals surface area contributed by atoms with Crippen molar-refractivity contribution >= 4 is 12.0 Å². The standard InChI is InChI=1S/C30H32N4O4/c1-22(2)34-19-25(18-32-34)17-31-29(35)28(33-30(36)38-21-24-11-7-4-8-12-24)26-13-15-27(16-14-26)37-20-23-9-5-3-6-10-23/h3-16,18-19,22,28H,17,20-21H2,1-2H3,(H,31,35)(H,33,36)/t28-/m0/s1. The van der Waals surface area contributed by atoms with E-state index >= 15 is 0 Å². The predicted molar refractivity (Wildman–Crippen MR) is 144 cm³/mol. The van der Waals surface area contributed by atoms with Gasteiger partial charge in [-0.1, -0.05) is 72.8 Å². The summed E-state index contributed by atoms with van der Waals surface area (Å²) in [6.07, 6.45) is 2.92. The molecule has 0 aliphatic carbocycles. The number of carbonyl (C=O) groups is 2. The van der Waals surface area contributed by atoms with Gasteiger partial charge < -0.3 is 20.1 Å². The van der Waals surface area contributed by atoms with Crippen molar-refractivity contribution in [1.29, 1.82) is 0 Å². The van der Waals surface area contributed by atoms with Crippen molar-refractivity contribution in [2.45, 2.75) is 45.7 Å². The molecule has 2 N–H and O–H groups in total. The number of alkyl carbamates (subject to hydrolysis) is 1. The van der Waals surface area contributed by atoms with Crippen LogP contribution in [0.15, 0.2) is 97.3 Å². The molecule has 0 aliphatic heterocycles. The Bertz CT molecular complexity index is 1310. The van der Waals surface area contributed by atoms with E-state index in [1.165, 1.54) is 0 Å². The minimum Gasteiger partial charge on any atom is -0.489 e. The first-order valence-corrected chi connectivity index (χ1v) is 12.5. The first-order chi connectivity index (χ1) is 18.5. The highest BCUT2D eigenvalue weighted by atomic mass is 16.5. The average Bonchev–Trinajstić information content (AvgIpc) is 3.44. The Morgan fingerprint density at radius 2 is 1.47 bits per heavy atom. The molecular weight excluding hydrogens is 480 g/mol. The summed E-state index contributed by atoms with van der Waals surface area (Å²) in [6, 6.07) is 25.6. The first kappa shape index (κ1) is 26.5. The summed E-state index contributed by atoms with van der Waals surface area (Å²) in [4.78, 5) is 25.9. The van der Waals surface area contributed by atoms with Gasteiger partial charge in [-0.25, -0.2) is 4.79 Å². The number of nitrogens with zero attached hydrogens (tertiary/aromatic N) is 2. The molecule has 0 aliphatic rings. The average molecular weight is 513 g/mol. The molecule has 0 fully saturated rings.